The third-order valence-electron chi connectivity index (χ3n) is 4.07. The molecule has 0 fully saturated rings. The van der Waals surface area contributed by atoms with Gasteiger partial charge in [0.2, 0.25) is 0 Å². The largest absolute Gasteiger partial charge is 0.312 e. The van der Waals surface area contributed by atoms with E-state index in [0.29, 0.717) is 0 Å². The van der Waals surface area contributed by atoms with E-state index in [2.05, 4.69) is 45.1 Å². The molecule has 0 radical (unpaired) electrons. The van der Waals surface area contributed by atoms with Crippen molar-refractivity contribution in [2.45, 2.75) is 45.2 Å². The summed E-state index contributed by atoms with van der Waals surface area (Å²) in [6, 6.07) is 5.32. The van der Waals surface area contributed by atoms with Gasteiger partial charge in [0.25, 0.3) is 0 Å². The summed E-state index contributed by atoms with van der Waals surface area (Å²) >= 11 is 5.74. The second-order valence-corrected chi connectivity index (χ2v) is 6.41. The van der Waals surface area contributed by atoms with E-state index in [1.165, 1.54) is 6.07 Å². The zero-order valence-electron chi connectivity index (χ0n) is 13.1. The second kappa shape index (κ2) is 7.39. The summed E-state index contributed by atoms with van der Waals surface area (Å²) in [4.78, 5) is 2.20. The highest BCUT2D eigenvalue weighted by atomic mass is 35.5. The zero-order chi connectivity index (χ0) is 15.3. The van der Waals surface area contributed by atoms with Crippen molar-refractivity contribution in [2.75, 3.05) is 20.6 Å². The smallest absolute Gasteiger partial charge is 0.142 e. The van der Waals surface area contributed by atoms with Gasteiger partial charge in [0.05, 0.1) is 5.02 Å². The molecular weight excluding hydrogens is 275 g/mol. The standard InChI is InChI=1S/C16H26ClFN2/c1-6-9-19-15(16(2,3)20(4)5)11-12-7-8-13(17)14(18)10-12/h7-8,10,15,19H,6,9,11H2,1-5H3. The van der Waals surface area contributed by atoms with Gasteiger partial charge < -0.3 is 10.2 Å². The number of rotatable bonds is 7. The van der Waals surface area contributed by atoms with Crippen molar-refractivity contribution in [3.8, 4) is 0 Å². The normalized spacial score (nSPS) is 13.8. The van der Waals surface area contributed by atoms with Gasteiger partial charge in [0, 0.05) is 11.6 Å². The average Bonchev–Trinajstić information content (AvgIpc) is 2.38. The summed E-state index contributed by atoms with van der Waals surface area (Å²) in [6.07, 6.45) is 1.86. The zero-order valence-corrected chi connectivity index (χ0v) is 13.9. The topological polar surface area (TPSA) is 15.3 Å². The van der Waals surface area contributed by atoms with E-state index < -0.39 is 0 Å². The van der Waals surface area contributed by atoms with E-state index >= 15 is 0 Å². The number of benzene rings is 1. The van der Waals surface area contributed by atoms with Crippen LogP contribution < -0.4 is 5.32 Å². The molecule has 0 aliphatic rings. The summed E-state index contributed by atoms with van der Waals surface area (Å²) in [5, 5.41) is 3.76. The lowest BCUT2D eigenvalue weighted by Gasteiger charge is -2.41. The Balaban J connectivity index is 2.91. The van der Waals surface area contributed by atoms with Crippen molar-refractivity contribution in [3.63, 3.8) is 0 Å². The maximum Gasteiger partial charge on any atom is 0.142 e. The molecular formula is C16H26ClFN2. The highest BCUT2D eigenvalue weighted by molar-refractivity contribution is 6.30. The van der Waals surface area contributed by atoms with Gasteiger partial charge in [-0.05, 0) is 65.0 Å². The van der Waals surface area contributed by atoms with Crippen LogP contribution in [-0.4, -0.2) is 37.1 Å². The fourth-order valence-electron chi connectivity index (χ4n) is 2.10. The molecule has 4 heteroatoms. The summed E-state index contributed by atoms with van der Waals surface area (Å²) in [5.74, 6) is -0.346. The molecule has 1 N–H and O–H groups in total. The molecule has 1 aromatic rings. The van der Waals surface area contributed by atoms with Crippen LogP contribution in [0.1, 0.15) is 32.8 Å². The van der Waals surface area contributed by atoms with E-state index in [-0.39, 0.29) is 22.4 Å². The first kappa shape index (κ1) is 17.4. The molecule has 0 aliphatic heterocycles. The molecule has 1 unspecified atom stereocenters. The van der Waals surface area contributed by atoms with Gasteiger partial charge in [-0.1, -0.05) is 24.6 Å². The molecule has 0 aliphatic carbocycles. The molecule has 0 saturated carbocycles. The molecule has 20 heavy (non-hydrogen) atoms. The first-order valence-corrected chi connectivity index (χ1v) is 7.51. The number of halogens is 2. The van der Waals surface area contributed by atoms with E-state index in [0.717, 1.165) is 24.9 Å². The Bertz CT molecular complexity index is 432. The SMILES string of the molecule is CCCNC(Cc1ccc(Cl)c(F)c1)C(C)(C)N(C)C. The number of hydrogen-bond acceptors (Lipinski definition) is 2. The Morgan fingerprint density at radius 1 is 1.35 bits per heavy atom. The van der Waals surface area contributed by atoms with Gasteiger partial charge in [0.15, 0.2) is 0 Å². The summed E-state index contributed by atoms with van der Waals surface area (Å²) in [7, 11) is 4.14. The van der Waals surface area contributed by atoms with Crippen LogP contribution in [0.3, 0.4) is 0 Å². The van der Waals surface area contributed by atoms with Gasteiger partial charge in [0.1, 0.15) is 5.82 Å². The first-order chi connectivity index (χ1) is 9.28. The van der Waals surface area contributed by atoms with Crippen LogP contribution in [0.15, 0.2) is 18.2 Å². The van der Waals surface area contributed by atoms with E-state index in [4.69, 9.17) is 11.6 Å². The van der Waals surface area contributed by atoms with Crippen molar-refractivity contribution in [1.29, 1.82) is 0 Å². The van der Waals surface area contributed by atoms with E-state index in [9.17, 15) is 4.39 Å². The molecule has 0 heterocycles. The minimum Gasteiger partial charge on any atom is -0.312 e. The Morgan fingerprint density at radius 3 is 2.50 bits per heavy atom. The maximum absolute atomic E-state index is 13.6. The number of likely N-dealkylation sites (N-methyl/N-ethyl adjacent to an activating group) is 1. The fourth-order valence-corrected chi connectivity index (χ4v) is 2.22. The minimum absolute atomic E-state index is 0.0225. The number of nitrogens with one attached hydrogen (secondary N) is 1. The first-order valence-electron chi connectivity index (χ1n) is 7.13. The van der Waals surface area contributed by atoms with Crippen molar-refractivity contribution in [3.05, 3.63) is 34.6 Å². The molecule has 1 rings (SSSR count). The molecule has 114 valence electrons. The fraction of sp³-hybridized carbons (Fsp3) is 0.625. The van der Waals surface area contributed by atoms with Gasteiger partial charge in [-0.15, -0.1) is 0 Å². The predicted octanol–water partition coefficient (Wildman–Crippen LogP) is 3.73. The molecule has 0 aromatic heterocycles. The third kappa shape index (κ3) is 4.44. The van der Waals surface area contributed by atoms with Crippen molar-refractivity contribution >= 4 is 11.6 Å². The minimum atomic E-state index is -0.346. The van der Waals surface area contributed by atoms with Gasteiger partial charge in [-0.25, -0.2) is 4.39 Å². The van der Waals surface area contributed by atoms with Crippen LogP contribution in [0.5, 0.6) is 0 Å². The quantitative estimate of drug-likeness (QED) is 0.825. The molecule has 0 bridgehead atoms. The summed E-state index contributed by atoms with van der Waals surface area (Å²) < 4.78 is 13.6. The van der Waals surface area contributed by atoms with Crippen molar-refractivity contribution in [2.24, 2.45) is 0 Å². The van der Waals surface area contributed by atoms with Crippen molar-refractivity contribution < 1.29 is 4.39 Å². The van der Waals surface area contributed by atoms with Crippen LogP contribution in [-0.2, 0) is 6.42 Å². The Hall–Kier alpha value is -0.640. The van der Waals surface area contributed by atoms with Crippen LogP contribution in [0, 0.1) is 5.82 Å². The molecule has 0 spiro atoms. The van der Waals surface area contributed by atoms with E-state index in [1.807, 2.05) is 6.07 Å². The van der Waals surface area contributed by atoms with Gasteiger partial charge >= 0.3 is 0 Å². The third-order valence-corrected chi connectivity index (χ3v) is 4.38. The van der Waals surface area contributed by atoms with Gasteiger partial charge in [-0.3, -0.25) is 0 Å². The molecule has 0 amide bonds. The summed E-state index contributed by atoms with van der Waals surface area (Å²) in [5.41, 5.74) is 0.945. The highest BCUT2D eigenvalue weighted by Gasteiger charge is 2.31. The molecule has 2 nitrogen and oxygen atoms in total. The monoisotopic (exact) mass is 300 g/mol. The van der Waals surface area contributed by atoms with Crippen molar-refractivity contribution in [1.82, 2.24) is 10.2 Å². The predicted molar refractivity (Wildman–Crippen MR) is 85.0 cm³/mol. The lowest BCUT2D eigenvalue weighted by atomic mass is 9.88. The Kier molecular flexibility index (Phi) is 6.44. The molecule has 1 atom stereocenters. The highest BCUT2D eigenvalue weighted by Crippen LogP contribution is 2.22. The lowest BCUT2D eigenvalue weighted by Crippen LogP contribution is -2.56. The number of hydrogen-bond donors (Lipinski definition) is 1. The summed E-state index contributed by atoms with van der Waals surface area (Å²) in [6.45, 7) is 7.51. The molecule has 1 aromatic carbocycles. The molecule has 0 saturated heterocycles. The number of nitrogens with zero attached hydrogens (tertiary/aromatic N) is 1. The Morgan fingerprint density at radius 2 is 2.00 bits per heavy atom. The maximum atomic E-state index is 13.6. The van der Waals surface area contributed by atoms with E-state index in [1.54, 1.807) is 6.07 Å². The van der Waals surface area contributed by atoms with Crippen LogP contribution in [0.2, 0.25) is 5.02 Å². The second-order valence-electron chi connectivity index (χ2n) is 6.01. The van der Waals surface area contributed by atoms with Crippen LogP contribution >= 0.6 is 11.6 Å². The lowest BCUT2D eigenvalue weighted by molar-refractivity contribution is 0.137. The van der Waals surface area contributed by atoms with Crippen LogP contribution in [0.25, 0.3) is 0 Å². The average molecular weight is 301 g/mol. The van der Waals surface area contributed by atoms with Crippen LogP contribution in [0.4, 0.5) is 4.39 Å². The van der Waals surface area contributed by atoms with Gasteiger partial charge in [-0.2, -0.15) is 0 Å². The Labute approximate surface area is 127 Å².